The quantitative estimate of drug-likeness (QED) is 0.183. The van der Waals surface area contributed by atoms with Gasteiger partial charge in [-0.2, -0.15) is 26.3 Å². The number of para-hydroxylation sites is 2. The summed E-state index contributed by atoms with van der Waals surface area (Å²) < 4.78 is 83.6. The second-order valence-electron chi connectivity index (χ2n) is 11.8. The van der Waals surface area contributed by atoms with Crippen LogP contribution in [0.4, 0.5) is 49.1 Å². The number of aryl methyl sites for hydroxylation is 2. The van der Waals surface area contributed by atoms with Gasteiger partial charge in [0.2, 0.25) is 0 Å². The predicted molar refractivity (Wildman–Crippen MR) is 171 cm³/mol. The maximum absolute atomic E-state index is 13.9. The van der Waals surface area contributed by atoms with Crippen molar-refractivity contribution in [1.29, 1.82) is 0 Å². The van der Waals surface area contributed by atoms with Crippen LogP contribution in [0.2, 0.25) is 0 Å². The number of alkyl halides is 6. The standard InChI is InChI=1S/C38H30F6N2/c39-37(40,41)29-17-19-35(45-21-5-9-27-7-1-3-11-33(27)45)31(23-29)25-13-15-26(16-14-25)32-24-30(38(42,43)44)18-20-36(32)46-22-6-10-28-8-2-4-12-34(28)46/h1-4,7-8,11-20,23-24H,5-6,9-10,21-22H2. The van der Waals surface area contributed by atoms with E-state index in [-0.39, 0.29) is 0 Å². The molecule has 0 atom stereocenters. The number of anilines is 4. The molecule has 0 unspecified atom stereocenters. The Bertz CT molecular complexity index is 1750. The fraction of sp³-hybridized carbons (Fsp3) is 0.211. The number of fused-ring (bicyclic) bond motifs is 2. The van der Waals surface area contributed by atoms with E-state index in [0.29, 0.717) is 46.7 Å². The molecule has 2 heterocycles. The van der Waals surface area contributed by atoms with Crippen LogP contribution in [0.5, 0.6) is 0 Å². The molecule has 0 spiro atoms. The molecule has 2 nitrogen and oxygen atoms in total. The first-order valence-electron chi connectivity index (χ1n) is 15.3. The molecule has 46 heavy (non-hydrogen) atoms. The molecule has 8 heteroatoms. The third kappa shape index (κ3) is 5.61. The summed E-state index contributed by atoms with van der Waals surface area (Å²) in [5.74, 6) is 0. The van der Waals surface area contributed by atoms with Crippen LogP contribution in [-0.4, -0.2) is 13.1 Å². The first kappa shape index (κ1) is 30.0. The highest BCUT2D eigenvalue weighted by Crippen LogP contribution is 2.45. The van der Waals surface area contributed by atoms with Gasteiger partial charge in [0.15, 0.2) is 0 Å². The second kappa shape index (κ2) is 11.6. The van der Waals surface area contributed by atoms with Crippen molar-refractivity contribution in [2.24, 2.45) is 0 Å². The fourth-order valence-corrected chi connectivity index (χ4v) is 6.75. The van der Waals surface area contributed by atoms with Gasteiger partial charge in [-0.15, -0.1) is 0 Å². The van der Waals surface area contributed by atoms with E-state index in [1.807, 2.05) is 48.5 Å². The number of hydrogen-bond acceptors (Lipinski definition) is 2. The molecular formula is C38H30F6N2. The summed E-state index contributed by atoms with van der Waals surface area (Å²) in [6, 6.07) is 30.2. The molecule has 7 rings (SSSR count). The minimum Gasteiger partial charge on any atom is -0.341 e. The third-order valence-electron chi connectivity index (χ3n) is 8.96. The Kier molecular flexibility index (Phi) is 7.54. The van der Waals surface area contributed by atoms with Crippen molar-refractivity contribution in [3.8, 4) is 22.3 Å². The number of benzene rings is 5. The fourth-order valence-electron chi connectivity index (χ4n) is 6.75. The van der Waals surface area contributed by atoms with E-state index in [0.717, 1.165) is 60.3 Å². The molecular weight excluding hydrogens is 598 g/mol. The Labute approximate surface area is 263 Å². The van der Waals surface area contributed by atoms with Gasteiger partial charge in [-0.1, -0.05) is 60.7 Å². The molecule has 5 aromatic carbocycles. The molecule has 0 N–H and O–H groups in total. The molecule has 0 saturated heterocycles. The van der Waals surface area contributed by atoms with Crippen LogP contribution in [0.15, 0.2) is 109 Å². The lowest BCUT2D eigenvalue weighted by Crippen LogP contribution is -2.25. The van der Waals surface area contributed by atoms with Crippen molar-refractivity contribution in [3.63, 3.8) is 0 Å². The number of hydrogen-bond donors (Lipinski definition) is 0. The van der Waals surface area contributed by atoms with Gasteiger partial charge < -0.3 is 9.80 Å². The summed E-state index contributed by atoms with van der Waals surface area (Å²) in [5, 5.41) is 0. The van der Waals surface area contributed by atoms with Gasteiger partial charge in [-0.25, -0.2) is 0 Å². The predicted octanol–water partition coefficient (Wildman–Crippen LogP) is 11.2. The monoisotopic (exact) mass is 628 g/mol. The summed E-state index contributed by atoms with van der Waals surface area (Å²) in [7, 11) is 0. The van der Waals surface area contributed by atoms with Crippen LogP contribution in [-0.2, 0) is 25.2 Å². The molecule has 0 radical (unpaired) electrons. The minimum atomic E-state index is -4.54. The Balaban J connectivity index is 1.34. The van der Waals surface area contributed by atoms with Crippen LogP contribution >= 0.6 is 0 Å². The molecule has 0 fully saturated rings. The summed E-state index contributed by atoms with van der Waals surface area (Å²) in [4.78, 5) is 4.11. The zero-order chi connectivity index (χ0) is 32.1. The van der Waals surface area contributed by atoms with E-state index in [1.165, 1.54) is 24.3 Å². The highest BCUT2D eigenvalue weighted by Gasteiger charge is 2.34. The van der Waals surface area contributed by atoms with Crippen molar-refractivity contribution in [2.75, 3.05) is 22.9 Å². The Morgan fingerprint density at radius 2 is 0.826 bits per heavy atom. The number of nitrogens with zero attached hydrogens (tertiary/aromatic N) is 2. The van der Waals surface area contributed by atoms with E-state index in [2.05, 4.69) is 9.80 Å². The molecule has 0 aromatic heterocycles. The van der Waals surface area contributed by atoms with Gasteiger partial charge in [0.25, 0.3) is 0 Å². The maximum Gasteiger partial charge on any atom is 0.416 e. The van der Waals surface area contributed by atoms with E-state index in [1.54, 1.807) is 24.3 Å². The summed E-state index contributed by atoms with van der Waals surface area (Å²) in [5.41, 5.74) is 5.87. The first-order valence-corrected chi connectivity index (χ1v) is 15.3. The lowest BCUT2D eigenvalue weighted by atomic mass is 9.93. The molecule has 0 bridgehead atoms. The van der Waals surface area contributed by atoms with Crippen LogP contribution in [0.25, 0.3) is 22.3 Å². The highest BCUT2D eigenvalue weighted by atomic mass is 19.4. The van der Waals surface area contributed by atoms with Crippen LogP contribution < -0.4 is 9.80 Å². The second-order valence-corrected chi connectivity index (χ2v) is 11.8. The summed E-state index contributed by atoms with van der Waals surface area (Å²) >= 11 is 0. The first-order chi connectivity index (χ1) is 22.1. The molecule has 0 saturated carbocycles. The van der Waals surface area contributed by atoms with Gasteiger partial charge in [-0.05, 0) is 96.5 Å². The minimum absolute atomic E-state index is 0.410. The van der Waals surface area contributed by atoms with Gasteiger partial charge in [-0.3, -0.25) is 0 Å². The molecule has 0 aliphatic carbocycles. The largest absolute Gasteiger partial charge is 0.416 e. The zero-order valence-electron chi connectivity index (χ0n) is 24.8. The average molecular weight is 629 g/mol. The van der Waals surface area contributed by atoms with Crippen LogP contribution in [0.1, 0.15) is 35.1 Å². The van der Waals surface area contributed by atoms with Crippen molar-refractivity contribution >= 4 is 22.7 Å². The van der Waals surface area contributed by atoms with E-state index in [9.17, 15) is 26.3 Å². The van der Waals surface area contributed by atoms with Crippen LogP contribution in [0.3, 0.4) is 0 Å². The molecule has 2 aliphatic heterocycles. The average Bonchev–Trinajstić information content (AvgIpc) is 3.06. The van der Waals surface area contributed by atoms with Crippen molar-refractivity contribution in [2.45, 2.75) is 38.0 Å². The molecule has 5 aromatic rings. The Morgan fingerprint density at radius 1 is 0.435 bits per heavy atom. The van der Waals surface area contributed by atoms with E-state index in [4.69, 9.17) is 0 Å². The molecule has 234 valence electrons. The van der Waals surface area contributed by atoms with Crippen LogP contribution in [0, 0.1) is 0 Å². The lowest BCUT2D eigenvalue weighted by Gasteiger charge is -2.33. The highest BCUT2D eigenvalue weighted by molar-refractivity contribution is 5.88. The SMILES string of the molecule is FC(F)(F)c1ccc(N2CCCc3ccccc32)c(-c2ccc(-c3cc(C(F)(F)F)ccc3N3CCCc4ccccc43)cc2)c1. The van der Waals surface area contributed by atoms with Gasteiger partial charge in [0.05, 0.1) is 11.1 Å². The van der Waals surface area contributed by atoms with E-state index < -0.39 is 23.5 Å². The Morgan fingerprint density at radius 3 is 1.22 bits per heavy atom. The summed E-state index contributed by atoms with van der Waals surface area (Å²) in [6.45, 7) is 1.30. The van der Waals surface area contributed by atoms with Gasteiger partial charge in [0, 0.05) is 47.0 Å². The van der Waals surface area contributed by atoms with Crippen molar-refractivity contribution < 1.29 is 26.3 Å². The topological polar surface area (TPSA) is 6.48 Å². The maximum atomic E-state index is 13.9. The normalized spacial score (nSPS) is 15.0. The third-order valence-corrected chi connectivity index (χ3v) is 8.96. The Hall–Kier alpha value is -4.72. The number of rotatable bonds is 4. The molecule has 2 aliphatic rings. The number of halogens is 6. The smallest absolute Gasteiger partial charge is 0.341 e. The zero-order valence-corrected chi connectivity index (χ0v) is 24.8. The lowest BCUT2D eigenvalue weighted by molar-refractivity contribution is -0.138. The van der Waals surface area contributed by atoms with Gasteiger partial charge >= 0.3 is 12.4 Å². The van der Waals surface area contributed by atoms with Crippen molar-refractivity contribution in [3.05, 3.63) is 131 Å². The van der Waals surface area contributed by atoms with Crippen molar-refractivity contribution in [1.82, 2.24) is 0 Å². The summed E-state index contributed by atoms with van der Waals surface area (Å²) in [6.07, 6.45) is -5.59. The molecule has 0 amide bonds. The van der Waals surface area contributed by atoms with Gasteiger partial charge in [0.1, 0.15) is 0 Å². The van der Waals surface area contributed by atoms with E-state index >= 15 is 0 Å².